The quantitative estimate of drug-likeness (QED) is 0.758. The fraction of sp³-hybridized carbons (Fsp3) is 0.647. The molecule has 0 aromatic carbocycles. The van der Waals surface area contributed by atoms with Gasteiger partial charge in [0.1, 0.15) is 5.69 Å². The highest BCUT2D eigenvalue weighted by molar-refractivity contribution is 7.89. The molecular formula is C17H24N6O3S. The van der Waals surface area contributed by atoms with Crippen molar-refractivity contribution in [3.8, 4) is 11.5 Å². The van der Waals surface area contributed by atoms with Crippen molar-refractivity contribution in [2.24, 2.45) is 5.41 Å². The van der Waals surface area contributed by atoms with Gasteiger partial charge >= 0.3 is 0 Å². The van der Waals surface area contributed by atoms with Crippen molar-refractivity contribution in [3.05, 3.63) is 24.5 Å². The van der Waals surface area contributed by atoms with Crippen molar-refractivity contribution in [1.29, 1.82) is 0 Å². The maximum atomic E-state index is 12.8. The zero-order valence-electron chi connectivity index (χ0n) is 15.7. The van der Waals surface area contributed by atoms with Crippen molar-refractivity contribution < 1.29 is 12.9 Å². The van der Waals surface area contributed by atoms with Gasteiger partial charge in [0.25, 0.3) is 0 Å². The Balaban J connectivity index is 1.69. The van der Waals surface area contributed by atoms with Crippen molar-refractivity contribution in [3.63, 3.8) is 0 Å². The number of aromatic nitrogens is 4. The molecule has 146 valence electrons. The molecule has 2 aliphatic rings. The molecule has 4 rings (SSSR count). The average Bonchev–Trinajstić information content (AvgIpc) is 3.35. The maximum Gasteiger partial charge on any atom is 0.232 e. The predicted molar refractivity (Wildman–Crippen MR) is 98.2 cm³/mol. The third kappa shape index (κ3) is 3.15. The van der Waals surface area contributed by atoms with Gasteiger partial charge in [-0.1, -0.05) is 5.16 Å². The average molecular weight is 392 g/mol. The smallest absolute Gasteiger partial charge is 0.232 e. The first kappa shape index (κ1) is 18.5. The Morgan fingerprint density at radius 3 is 2.74 bits per heavy atom. The summed E-state index contributed by atoms with van der Waals surface area (Å²) < 4.78 is 32.8. The molecule has 4 heterocycles. The van der Waals surface area contributed by atoms with Crippen LogP contribution in [-0.4, -0.2) is 76.2 Å². The number of likely N-dealkylation sites (tertiary alicyclic amines) is 1. The van der Waals surface area contributed by atoms with Crippen LogP contribution in [0.5, 0.6) is 0 Å². The van der Waals surface area contributed by atoms with Gasteiger partial charge in [0.2, 0.25) is 21.7 Å². The van der Waals surface area contributed by atoms with Crippen LogP contribution < -0.4 is 0 Å². The molecule has 0 aliphatic carbocycles. The molecule has 0 unspecified atom stereocenters. The summed E-state index contributed by atoms with van der Waals surface area (Å²) in [6.45, 7) is 6.04. The van der Waals surface area contributed by atoms with Gasteiger partial charge in [0.05, 0.1) is 17.4 Å². The summed E-state index contributed by atoms with van der Waals surface area (Å²) in [6, 6.07) is 0. The molecule has 0 amide bonds. The summed E-state index contributed by atoms with van der Waals surface area (Å²) in [5.74, 6) is 0.728. The minimum atomic E-state index is -3.34. The van der Waals surface area contributed by atoms with E-state index in [2.05, 4.69) is 32.1 Å². The molecule has 0 N–H and O–H groups in total. The lowest BCUT2D eigenvalue weighted by atomic mass is 9.77. The Morgan fingerprint density at radius 2 is 2.11 bits per heavy atom. The lowest BCUT2D eigenvalue weighted by molar-refractivity contribution is 0.234. The van der Waals surface area contributed by atoms with Crippen molar-refractivity contribution in [1.82, 2.24) is 29.3 Å². The van der Waals surface area contributed by atoms with Crippen molar-refractivity contribution in [2.45, 2.75) is 31.4 Å². The summed E-state index contributed by atoms with van der Waals surface area (Å²) in [5, 5.41) is 3.60. The van der Waals surface area contributed by atoms with Crippen LogP contribution in [0.15, 0.2) is 23.1 Å². The van der Waals surface area contributed by atoms with E-state index in [9.17, 15) is 8.42 Å². The second kappa shape index (κ2) is 6.61. The normalized spacial score (nSPS) is 27.2. The van der Waals surface area contributed by atoms with Gasteiger partial charge in [0.15, 0.2) is 0 Å². The monoisotopic (exact) mass is 392 g/mol. The molecule has 0 bridgehead atoms. The molecule has 2 atom stereocenters. The van der Waals surface area contributed by atoms with Gasteiger partial charge in [-0.3, -0.25) is 4.98 Å². The maximum absolute atomic E-state index is 12.8. The molecule has 2 aliphatic heterocycles. The lowest BCUT2D eigenvalue weighted by Crippen LogP contribution is -2.37. The Hall–Kier alpha value is -1.91. The topological polar surface area (TPSA) is 105 Å². The highest BCUT2D eigenvalue weighted by Gasteiger charge is 2.55. The highest BCUT2D eigenvalue weighted by atomic mass is 32.2. The summed E-state index contributed by atoms with van der Waals surface area (Å²) in [4.78, 5) is 15.0. The van der Waals surface area contributed by atoms with E-state index in [0.29, 0.717) is 30.5 Å². The summed E-state index contributed by atoms with van der Waals surface area (Å²) in [5.41, 5.74) is 0.331. The van der Waals surface area contributed by atoms with E-state index >= 15 is 0 Å². The van der Waals surface area contributed by atoms with Gasteiger partial charge in [-0.15, -0.1) is 0 Å². The van der Waals surface area contributed by atoms with E-state index in [1.807, 2.05) is 0 Å². The van der Waals surface area contributed by atoms with Crippen LogP contribution in [0.2, 0.25) is 0 Å². The SMILES string of the molecule is CC(C)S(=O)(=O)N1C[C@@H](c2nc(-c3cnccn3)no2)[C@]2(CCN(C)C2)C1. The fourth-order valence-corrected chi connectivity index (χ4v) is 5.56. The van der Waals surface area contributed by atoms with Gasteiger partial charge in [0, 0.05) is 37.4 Å². The van der Waals surface area contributed by atoms with Crippen molar-refractivity contribution in [2.75, 3.05) is 33.2 Å². The largest absolute Gasteiger partial charge is 0.339 e. The standard InChI is InChI=1S/C17H24N6O3S/c1-12(2)27(24,25)23-9-13(17(11-23)4-7-22(3)10-17)16-20-15(21-26-16)14-8-18-5-6-19-14/h5-6,8,12-13H,4,7,9-11H2,1-3H3/t13-,17-/m0/s1. The zero-order chi connectivity index (χ0) is 19.2. The first-order valence-corrected chi connectivity index (χ1v) is 10.6. The Morgan fingerprint density at radius 1 is 1.30 bits per heavy atom. The minimum Gasteiger partial charge on any atom is -0.339 e. The predicted octanol–water partition coefficient (Wildman–Crippen LogP) is 0.986. The van der Waals surface area contributed by atoms with Crippen LogP contribution in [0.25, 0.3) is 11.5 Å². The molecule has 27 heavy (non-hydrogen) atoms. The zero-order valence-corrected chi connectivity index (χ0v) is 16.6. The van der Waals surface area contributed by atoms with Crippen LogP contribution in [0.1, 0.15) is 32.1 Å². The van der Waals surface area contributed by atoms with Gasteiger partial charge in [-0.25, -0.2) is 17.7 Å². The second-order valence-corrected chi connectivity index (χ2v) is 10.3. The lowest BCUT2D eigenvalue weighted by Gasteiger charge is -2.27. The second-order valence-electron chi connectivity index (χ2n) is 7.84. The van der Waals surface area contributed by atoms with E-state index in [4.69, 9.17) is 4.52 Å². The summed E-state index contributed by atoms with van der Waals surface area (Å²) >= 11 is 0. The van der Waals surface area contributed by atoms with Gasteiger partial charge in [-0.05, 0) is 33.9 Å². The number of nitrogens with zero attached hydrogens (tertiary/aromatic N) is 6. The first-order chi connectivity index (χ1) is 12.8. The molecule has 2 saturated heterocycles. The number of sulfonamides is 1. The van der Waals surface area contributed by atoms with Crippen LogP contribution in [-0.2, 0) is 10.0 Å². The molecule has 10 heteroatoms. The van der Waals surface area contributed by atoms with E-state index < -0.39 is 15.3 Å². The van der Waals surface area contributed by atoms with Crippen LogP contribution in [0.4, 0.5) is 0 Å². The van der Waals surface area contributed by atoms with Gasteiger partial charge < -0.3 is 9.42 Å². The van der Waals surface area contributed by atoms with Crippen LogP contribution in [0.3, 0.4) is 0 Å². The Kier molecular flexibility index (Phi) is 4.52. The fourth-order valence-electron chi connectivity index (χ4n) is 4.17. The van der Waals surface area contributed by atoms with Crippen LogP contribution in [0, 0.1) is 5.41 Å². The molecular weight excluding hydrogens is 368 g/mol. The summed E-state index contributed by atoms with van der Waals surface area (Å²) in [6.07, 6.45) is 5.64. The molecule has 2 aromatic rings. The third-order valence-electron chi connectivity index (χ3n) is 5.68. The van der Waals surface area contributed by atoms with Crippen LogP contribution >= 0.6 is 0 Å². The molecule has 9 nitrogen and oxygen atoms in total. The van der Waals surface area contributed by atoms with Gasteiger partial charge in [-0.2, -0.15) is 4.98 Å². The molecule has 1 spiro atoms. The highest BCUT2D eigenvalue weighted by Crippen LogP contribution is 2.49. The number of hydrogen-bond donors (Lipinski definition) is 0. The van der Waals surface area contributed by atoms with Crippen molar-refractivity contribution >= 4 is 10.0 Å². The van der Waals surface area contributed by atoms with E-state index in [1.54, 1.807) is 36.7 Å². The molecule has 0 radical (unpaired) electrons. The third-order valence-corrected chi connectivity index (χ3v) is 7.87. The number of rotatable bonds is 4. The summed E-state index contributed by atoms with van der Waals surface area (Å²) in [7, 11) is -1.28. The van der Waals surface area contributed by atoms with E-state index in [-0.39, 0.29) is 11.3 Å². The Bertz CT molecular complexity index is 916. The first-order valence-electron chi connectivity index (χ1n) is 9.09. The molecule has 2 aromatic heterocycles. The number of hydrogen-bond acceptors (Lipinski definition) is 8. The Labute approximate surface area is 158 Å². The molecule has 2 fully saturated rings. The van der Waals surface area contributed by atoms with E-state index in [1.165, 1.54) is 0 Å². The minimum absolute atomic E-state index is 0.131. The van der Waals surface area contributed by atoms with E-state index in [0.717, 1.165) is 19.5 Å². The molecule has 0 saturated carbocycles.